The monoisotopic (exact) mass is 560 g/mol. The van der Waals surface area contributed by atoms with E-state index in [1.165, 1.54) is 6.07 Å². The molecule has 0 saturated carbocycles. The van der Waals surface area contributed by atoms with Gasteiger partial charge in [-0.15, -0.1) is 0 Å². The number of hydrogen-bond acceptors (Lipinski definition) is 9. The third kappa shape index (κ3) is 4.70. The average molecular weight is 561 g/mol. The smallest absolute Gasteiger partial charge is 0.319 e. The molecule has 11 heteroatoms. The van der Waals surface area contributed by atoms with Crippen molar-refractivity contribution in [2.24, 2.45) is 0 Å². The van der Waals surface area contributed by atoms with Crippen LogP contribution in [0.5, 0.6) is 6.01 Å². The summed E-state index contributed by atoms with van der Waals surface area (Å²) in [4.78, 5) is 22.8. The standard InChI is InChI=1S/C30H34F2N8O/c1-16(2)40-10-4-6-20(40)15-41-30-37-26-21(29(38-30)39-13-18-8-9-19(14-39)35-18)12-34-28(25(26)32)27-24-17(11-23(33)36-27)5-3-7-22(24)31/h3,5,7,11-12,16,18-20,35H,4,6,8-10,13-15H2,1-2H3,(H2,33,36)/t18?,19?,20-/m0/s1. The second kappa shape index (κ2) is 10.3. The number of anilines is 2. The molecule has 3 fully saturated rings. The highest BCUT2D eigenvalue weighted by Gasteiger charge is 2.35. The molecule has 9 nitrogen and oxygen atoms in total. The predicted molar refractivity (Wildman–Crippen MR) is 155 cm³/mol. The van der Waals surface area contributed by atoms with Gasteiger partial charge in [-0.05, 0) is 63.6 Å². The lowest BCUT2D eigenvalue weighted by atomic mass is 10.1. The molecular weight excluding hydrogens is 526 g/mol. The summed E-state index contributed by atoms with van der Waals surface area (Å²) in [6.07, 6.45) is 5.89. The predicted octanol–water partition coefficient (Wildman–Crippen LogP) is 4.29. The number of hydrogen-bond donors (Lipinski definition) is 2. The minimum atomic E-state index is -0.707. The quantitative estimate of drug-likeness (QED) is 0.357. The van der Waals surface area contributed by atoms with E-state index >= 15 is 8.78 Å². The first-order valence-corrected chi connectivity index (χ1v) is 14.5. The van der Waals surface area contributed by atoms with E-state index < -0.39 is 11.6 Å². The van der Waals surface area contributed by atoms with Gasteiger partial charge in [0.05, 0.1) is 5.39 Å². The first-order chi connectivity index (χ1) is 19.9. The van der Waals surface area contributed by atoms with E-state index in [1.807, 2.05) is 0 Å². The van der Waals surface area contributed by atoms with Crippen molar-refractivity contribution in [1.29, 1.82) is 0 Å². The number of fused-ring (bicyclic) bond motifs is 4. The van der Waals surface area contributed by atoms with Crippen LogP contribution in [0.3, 0.4) is 0 Å². The van der Waals surface area contributed by atoms with Gasteiger partial charge >= 0.3 is 6.01 Å². The third-order valence-corrected chi connectivity index (χ3v) is 8.70. The number of pyridine rings is 2. The van der Waals surface area contributed by atoms with Gasteiger partial charge in [-0.1, -0.05) is 12.1 Å². The number of ether oxygens (including phenoxy) is 1. The summed E-state index contributed by atoms with van der Waals surface area (Å²) in [7, 11) is 0. The SMILES string of the molecule is CC(C)N1CCC[C@H]1COc1nc(N2CC3CCC(C2)N3)c2cnc(-c3nc(N)cc4cccc(F)c34)c(F)c2n1. The Labute approximate surface area is 237 Å². The molecule has 2 unspecified atom stereocenters. The zero-order valence-electron chi connectivity index (χ0n) is 23.3. The molecule has 3 atom stereocenters. The number of rotatable bonds is 6. The van der Waals surface area contributed by atoms with Crippen LogP contribution in [0.25, 0.3) is 33.1 Å². The van der Waals surface area contributed by atoms with Crippen molar-refractivity contribution in [3.05, 3.63) is 42.1 Å². The molecule has 0 radical (unpaired) electrons. The highest BCUT2D eigenvalue weighted by Crippen LogP contribution is 2.36. The van der Waals surface area contributed by atoms with Crippen molar-refractivity contribution in [1.82, 2.24) is 30.2 Å². The number of nitrogen functional groups attached to an aromatic ring is 1. The number of aromatic nitrogens is 4. The Balaban J connectivity index is 1.35. The van der Waals surface area contributed by atoms with Gasteiger partial charge in [0.25, 0.3) is 0 Å². The highest BCUT2D eigenvalue weighted by atomic mass is 19.1. The number of nitrogens with one attached hydrogen (secondary N) is 1. The van der Waals surface area contributed by atoms with Crippen LogP contribution in [0.2, 0.25) is 0 Å². The minimum Gasteiger partial charge on any atom is -0.462 e. The number of halogens is 2. The van der Waals surface area contributed by atoms with Crippen LogP contribution in [0, 0.1) is 11.6 Å². The minimum absolute atomic E-state index is 0.0406. The molecule has 3 N–H and O–H groups in total. The molecular formula is C30H34F2N8O. The maximum Gasteiger partial charge on any atom is 0.319 e. The second-order valence-electron chi connectivity index (χ2n) is 11.7. The number of nitrogens with two attached hydrogens (primary N) is 1. The molecule has 3 aliphatic heterocycles. The Kier molecular flexibility index (Phi) is 6.58. The zero-order chi connectivity index (χ0) is 28.2. The molecule has 2 bridgehead atoms. The van der Waals surface area contributed by atoms with E-state index in [4.69, 9.17) is 15.5 Å². The Bertz CT molecular complexity index is 1620. The van der Waals surface area contributed by atoms with Crippen LogP contribution in [-0.2, 0) is 0 Å². The molecule has 6 heterocycles. The lowest BCUT2D eigenvalue weighted by Gasteiger charge is -2.34. The van der Waals surface area contributed by atoms with E-state index in [9.17, 15) is 0 Å². The van der Waals surface area contributed by atoms with E-state index in [2.05, 4.69) is 43.9 Å². The molecule has 4 aromatic rings. The van der Waals surface area contributed by atoms with Gasteiger partial charge in [0.1, 0.15) is 41.0 Å². The first-order valence-electron chi connectivity index (χ1n) is 14.5. The van der Waals surface area contributed by atoms with Crippen LogP contribution >= 0.6 is 0 Å². The Hall–Kier alpha value is -3.70. The number of nitrogens with zero attached hydrogens (tertiary/aromatic N) is 6. The van der Waals surface area contributed by atoms with Gasteiger partial charge in [-0.3, -0.25) is 9.88 Å². The zero-order valence-corrected chi connectivity index (χ0v) is 23.3. The fourth-order valence-electron chi connectivity index (χ4n) is 6.81. The van der Waals surface area contributed by atoms with Crippen LogP contribution < -0.4 is 20.7 Å². The number of piperazine rings is 1. The average Bonchev–Trinajstić information content (AvgIpc) is 3.57. The van der Waals surface area contributed by atoms with Gasteiger partial charge in [0.2, 0.25) is 0 Å². The summed E-state index contributed by atoms with van der Waals surface area (Å²) in [5.41, 5.74) is 6.04. The molecule has 3 aliphatic rings. The molecule has 0 spiro atoms. The van der Waals surface area contributed by atoms with Crippen LogP contribution in [0.15, 0.2) is 30.5 Å². The Morgan fingerprint density at radius 1 is 1.07 bits per heavy atom. The second-order valence-corrected chi connectivity index (χ2v) is 11.7. The lowest BCUT2D eigenvalue weighted by Crippen LogP contribution is -2.51. The summed E-state index contributed by atoms with van der Waals surface area (Å²) in [5, 5.41) is 4.79. The molecule has 3 saturated heterocycles. The molecule has 214 valence electrons. The number of benzene rings is 1. The molecule has 41 heavy (non-hydrogen) atoms. The van der Waals surface area contributed by atoms with Crippen molar-refractivity contribution >= 4 is 33.3 Å². The summed E-state index contributed by atoms with van der Waals surface area (Å²) in [6, 6.07) is 7.66. The molecule has 0 aliphatic carbocycles. The fraction of sp³-hybridized carbons (Fsp3) is 0.467. The van der Waals surface area contributed by atoms with Crippen molar-refractivity contribution in [2.75, 3.05) is 36.9 Å². The van der Waals surface area contributed by atoms with E-state index in [1.54, 1.807) is 24.4 Å². The van der Waals surface area contributed by atoms with Gasteiger partial charge in [-0.25, -0.2) is 13.8 Å². The topological polar surface area (TPSA) is 105 Å². The maximum atomic E-state index is 16.5. The van der Waals surface area contributed by atoms with Gasteiger partial charge in [-0.2, -0.15) is 9.97 Å². The van der Waals surface area contributed by atoms with E-state index in [-0.39, 0.29) is 40.2 Å². The van der Waals surface area contributed by atoms with Gasteiger partial charge in [0, 0.05) is 48.8 Å². The van der Waals surface area contributed by atoms with Gasteiger partial charge < -0.3 is 20.7 Å². The van der Waals surface area contributed by atoms with E-state index in [0.717, 1.165) is 45.3 Å². The normalized spacial score (nSPS) is 22.9. The lowest BCUT2D eigenvalue weighted by molar-refractivity contribution is 0.138. The summed E-state index contributed by atoms with van der Waals surface area (Å²) in [5.74, 6) is -0.484. The van der Waals surface area contributed by atoms with Crippen molar-refractivity contribution in [3.8, 4) is 17.4 Å². The van der Waals surface area contributed by atoms with E-state index in [0.29, 0.717) is 41.3 Å². The first kappa shape index (κ1) is 26.2. The Morgan fingerprint density at radius 3 is 2.66 bits per heavy atom. The number of likely N-dealkylation sites (tertiary alicyclic amines) is 1. The fourth-order valence-corrected chi connectivity index (χ4v) is 6.81. The molecule has 7 rings (SSSR count). The maximum absolute atomic E-state index is 16.5. The largest absolute Gasteiger partial charge is 0.462 e. The van der Waals surface area contributed by atoms with Gasteiger partial charge in [0.15, 0.2) is 5.82 Å². The summed E-state index contributed by atoms with van der Waals surface area (Å²) < 4.78 is 37.7. The Morgan fingerprint density at radius 2 is 1.88 bits per heavy atom. The van der Waals surface area contributed by atoms with Crippen LogP contribution in [-0.4, -0.2) is 75.2 Å². The molecule has 3 aromatic heterocycles. The van der Waals surface area contributed by atoms with Crippen molar-refractivity contribution in [3.63, 3.8) is 0 Å². The molecule has 0 amide bonds. The third-order valence-electron chi connectivity index (χ3n) is 8.70. The summed E-state index contributed by atoms with van der Waals surface area (Å²) in [6.45, 7) is 7.32. The molecule has 1 aromatic carbocycles. The highest BCUT2D eigenvalue weighted by molar-refractivity contribution is 5.98. The summed E-state index contributed by atoms with van der Waals surface area (Å²) >= 11 is 0. The van der Waals surface area contributed by atoms with Crippen LogP contribution in [0.4, 0.5) is 20.4 Å². The van der Waals surface area contributed by atoms with Crippen LogP contribution in [0.1, 0.15) is 39.5 Å². The van der Waals surface area contributed by atoms with Crippen molar-refractivity contribution in [2.45, 2.75) is 63.7 Å². The van der Waals surface area contributed by atoms with Crippen molar-refractivity contribution < 1.29 is 13.5 Å².